The topological polar surface area (TPSA) is 30.3 Å². The molecule has 0 amide bonds. The van der Waals surface area contributed by atoms with Gasteiger partial charge >= 0.3 is 0 Å². The summed E-state index contributed by atoms with van der Waals surface area (Å²) in [5, 5.41) is 9.32. The molecule has 1 aliphatic rings. The Hall–Kier alpha value is -2.02. The smallest absolute Gasteiger partial charge is 0.101 e. The Morgan fingerprint density at radius 1 is 1.25 bits per heavy atom. The van der Waals surface area contributed by atoms with Crippen molar-refractivity contribution in [3.63, 3.8) is 0 Å². The lowest BCUT2D eigenvalue weighted by Gasteiger charge is -2.33. The maximum absolute atomic E-state index is 9.32. The molecule has 0 fully saturated rings. The average molecular weight is 342 g/mol. The van der Waals surface area contributed by atoms with Gasteiger partial charge in [-0.05, 0) is 47.9 Å². The van der Waals surface area contributed by atoms with E-state index in [9.17, 15) is 5.26 Å². The molecule has 3 rings (SSSR count). The lowest BCUT2D eigenvalue weighted by Crippen LogP contribution is -2.32. The van der Waals surface area contributed by atoms with Crippen LogP contribution >= 0.6 is 12.4 Å². The Balaban J connectivity index is 0.00000208. The number of hydrogen-bond acceptors (Lipinski definition) is 3. The Morgan fingerprint density at radius 3 is 2.71 bits per heavy atom. The quantitative estimate of drug-likeness (QED) is 0.811. The van der Waals surface area contributed by atoms with Gasteiger partial charge in [-0.15, -0.1) is 12.4 Å². The Kier molecular flexibility index (Phi) is 5.88. The fourth-order valence-corrected chi connectivity index (χ4v) is 3.45. The second-order valence-electron chi connectivity index (χ2n) is 6.30. The van der Waals surface area contributed by atoms with Crippen LogP contribution < -0.4 is 4.90 Å². The van der Waals surface area contributed by atoms with Gasteiger partial charge in [0, 0.05) is 25.8 Å². The van der Waals surface area contributed by atoms with Crippen molar-refractivity contribution in [2.24, 2.45) is 0 Å². The van der Waals surface area contributed by atoms with E-state index < -0.39 is 0 Å². The van der Waals surface area contributed by atoms with E-state index in [0.29, 0.717) is 11.5 Å². The molecule has 3 nitrogen and oxygen atoms in total. The molecule has 2 aromatic rings. The van der Waals surface area contributed by atoms with Crippen molar-refractivity contribution in [1.29, 1.82) is 5.26 Å². The number of anilines is 2. The van der Waals surface area contributed by atoms with Gasteiger partial charge in [0.25, 0.3) is 0 Å². The molecular weight excluding hydrogens is 318 g/mol. The van der Waals surface area contributed by atoms with Crippen molar-refractivity contribution < 1.29 is 0 Å². The molecule has 126 valence electrons. The van der Waals surface area contributed by atoms with Crippen molar-refractivity contribution in [3.05, 3.63) is 59.2 Å². The number of nitrogens with zero attached hydrogens (tertiary/aromatic N) is 3. The summed E-state index contributed by atoms with van der Waals surface area (Å²) in [5.41, 5.74) is 5.66. The monoisotopic (exact) mass is 341 g/mol. The van der Waals surface area contributed by atoms with Crippen LogP contribution in [-0.4, -0.2) is 25.0 Å². The third kappa shape index (κ3) is 3.40. The van der Waals surface area contributed by atoms with Gasteiger partial charge in [-0.2, -0.15) is 5.26 Å². The minimum absolute atomic E-state index is 0. The lowest BCUT2D eigenvalue weighted by molar-refractivity contribution is 0.247. The van der Waals surface area contributed by atoms with Crippen LogP contribution in [0.5, 0.6) is 0 Å². The van der Waals surface area contributed by atoms with Crippen LogP contribution in [0.3, 0.4) is 0 Å². The molecule has 0 bridgehead atoms. The van der Waals surface area contributed by atoms with Crippen molar-refractivity contribution >= 4 is 23.8 Å². The lowest BCUT2D eigenvalue weighted by atomic mass is 9.90. The summed E-state index contributed by atoms with van der Waals surface area (Å²) in [7, 11) is 2.03. The van der Waals surface area contributed by atoms with Crippen LogP contribution in [0.1, 0.15) is 36.5 Å². The molecule has 1 unspecified atom stereocenters. The van der Waals surface area contributed by atoms with Gasteiger partial charge in [-0.1, -0.05) is 32.0 Å². The number of para-hydroxylation sites is 1. The molecular formula is C20H24ClN3. The minimum Gasteiger partial charge on any atom is -0.344 e. The zero-order valence-electron chi connectivity index (χ0n) is 14.5. The molecule has 0 saturated heterocycles. The largest absolute Gasteiger partial charge is 0.344 e. The van der Waals surface area contributed by atoms with E-state index in [1.807, 2.05) is 31.3 Å². The molecule has 2 aromatic carbocycles. The van der Waals surface area contributed by atoms with Crippen LogP contribution in [0.4, 0.5) is 11.4 Å². The first-order valence-electron chi connectivity index (χ1n) is 8.22. The highest BCUT2D eigenvalue weighted by Gasteiger charge is 2.22. The van der Waals surface area contributed by atoms with E-state index in [-0.39, 0.29) is 12.4 Å². The summed E-state index contributed by atoms with van der Waals surface area (Å²) >= 11 is 0. The number of benzene rings is 2. The fraction of sp³-hybridized carbons (Fsp3) is 0.350. The summed E-state index contributed by atoms with van der Waals surface area (Å²) in [6, 6.07) is 16.7. The molecule has 0 radical (unpaired) electrons. The predicted octanol–water partition coefficient (Wildman–Crippen LogP) is 4.69. The third-order valence-corrected chi connectivity index (χ3v) is 4.80. The highest BCUT2D eigenvalue weighted by Crippen LogP contribution is 2.33. The molecule has 24 heavy (non-hydrogen) atoms. The van der Waals surface area contributed by atoms with E-state index in [1.54, 1.807) is 0 Å². The molecule has 0 aromatic heterocycles. The molecule has 4 heteroatoms. The van der Waals surface area contributed by atoms with E-state index in [2.05, 4.69) is 47.9 Å². The highest BCUT2D eigenvalue weighted by molar-refractivity contribution is 5.85. The van der Waals surface area contributed by atoms with Crippen LogP contribution in [0.15, 0.2) is 42.5 Å². The SMILES string of the molecule is CCN1Cc2cc(N(C)c3ccccc3C#N)ccc2C(C)C1.Cl. The second-order valence-corrected chi connectivity index (χ2v) is 6.30. The van der Waals surface area contributed by atoms with Gasteiger partial charge in [-0.25, -0.2) is 0 Å². The van der Waals surface area contributed by atoms with Gasteiger partial charge in [0.05, 0.1) is 11.3 Å². The van der Waals surface area contributed by atoms with Crippen molar-refractivity contribution in [2.75, 3.05) is 25.0 Å². The molecule has 0 spiro atoms. The maximum Gasteiger partial charge on any atom is 0.101 e. The highest BCUT2D eigenvalue weighted by atomic mass is 35.5. The van der Waals surface area contributed by atoms with Crippen LogP contribution in [0.2, 0.25) is 0 Å². The first-order valence-corrected chi connectivity index (χ1v) is 8.22. The summed E-state index contributed by atoms with van der Waals surface area (Å²) < 4.78 is 0. The molecule has 1 heterocycles. The molecule has 1 aliphatic heterocycles. The number of hydrogen-bond donors (Lipinski definition) is 0. The predicted molar refractivity (Wildman–Crippen MR) is 102 cm³/mol. The van der Waals surface area contributed by atoms with Crippen molar-refractivity contribution in [1.82, 2.24) is 4.90 Å². The number of rotatable bonds is 3. The molecule has 0 aliphatic carbocycles. The maximum atomic E-state index is 9.32. The summed E-state index contributed by atoms with van der Waals surface area (Å²) in [6.07, 6.45) is 0. The molecule has 0 saturated carbocycles. The van der Waals surface area contributed by atoms with Gasteiger partial charge < -0.3 is 4.90 Å². The minimum atomic E-state index is 0. The summed E-state index contributed by atoms with van der Waals surface area (Å²) in [5.74, 6) is 0.574. The number of halogens is 1. The number of nitriles is 1. The first-order chi connectivity index (χ1) is 11.1. The summed E-state index contributed by atoms with van der Waals surface area (Å²) in [6.45, 7) is 7.75. The van der Waals surface area contributed by atoms with E-state index in [1.165, 1.54) is 11.1 Å². The van der Waals surface area contributed by atoms with E-state index >= 15 is 0 Å². The Morgan fingerprint density at radius 2 is 2.00 bits per heavy atom. The Bertz CT molecular complexity index is 751. The van der Waals surface area contributed by atoms with Gasteiger partial charge in [0.1, 0.15) is 6.07 Å². The fourth-order valence-electron chi connectivity index (χ4n) is 3.45. The number of likely N-dealkylation sites (N-methyl/N-ethyl adjacent to an activating group) is 1. The normalized spacial score (nSPS) is 16.7. The van der Waals surface area contributed by atoms with E-state index in [4.69, 9.17) is 0 Å². The zero-order chi connectivity index (χ0) is 16.4. The van der Waals surface area contributed by atoms with Crippen LogP contribution in [0.25, 0.3) is 0 Å². The number of fused-ring (bicyclic) bond motifs is 1. The van der Waals surface area contributed by atoms with Gasteiger partial charge in [-0.3, -0.25) is 4.90 Å². The standard InChI is InChI=1S/C20H23N3.ClH/c1-4-23-13-15(2)19-10-9-18(11-17(19)14-23)22(3)20-8-6-5-7-16(20)12-21;/h5-11,15H,4,13-14H2,1-3H3;1H. The van der Waals surface area contributed by atoms with Crippen molar-refractivity contribution in [2.45, 2.75) is 26.3 Å². The second kappa shape index (κ2) is 7.70. The van der Waals surface area contributed by atoms with Crippen LogP contribution in [-0.2, 0) is 6.54 Å². The van der Waals surface area contributed by atoms with Gasteiger partial charge in [0.2, 0.25) is 0 Å². The van der Waals surface area contributed by atoms with Crippen molar-refractivity contribution in [3.8, 4) is 6.07 Å². The first kappa shape index (κ1) is 18.3. The molecule has 1 atom stereocenters. The zero-order valence-corrected chi connectivity index (χ0v) is 15.3. The third-order valence-electron chi connectivity index (χ3n) is 4.80. The van der Waals surface area contributed by atoms with E-state index in [0.717, 1.165) is 31.0 Å². The Labute approximate surface area is 150 Å². The molecule has 0 N–H and O–H groups in total. The van der Waals surface area contributed by atoms with Crippen LogP contribution in [0, 0.1) is 11.3 Å². The summed E-state index contributed by atoms with van der Waals surface area (Å²) in [4.78, 5) is 4.59. The van der Waals surface area contributed by atoms with Gasteiger partial charge in [0.15, 0.2) is 0 Å². The average Bonchev–Trinajstić information content (AvgIpc) is 2.60.